The number of hydrogen-bond acceptors (Lipinski definition) is 4. The first kappa shape index (κ1) is 22.3. The maximum Gasteiger partial charge on any atom is 0.143 e. The summed E-state index contributed by atoms with van der Waals surface area (Å²) in [6, 6.07) is 0. The minimum atomic E-state index is -0.0205. The highest BCUT2D eigenvalue weighted by atomic mass is 16.5. The highest BCUT2D eigenvalue weighted by Crippen LogP contribution is 2.71. The van der Waals surface area contributed by atoms with E-state index in [4.69, 9.17) is 4.52 Å². The standard InChI is InChI=1S/C29H43NO3/c1-17-19-6-8-27(4)20-7-9-29(16-31)11-10-26(2,3)14-21(29)24(20)22(32)12-23(27)28(19,5)13-18-15-30-33-25(17)18/h15,17,19-21,23-24,31H,6-14,16H2,1-5H3. The summed E-state index contributed by atoms with van der Waals surface area (Å²) in [5.41, 5.74) is 1.87. The minimum absolute atomic E-state index is 0.0205. The van der Waals surface area contributed by atoms with E-state index < -0.39 is 0 Å². The van der Waals surface area contributed by atoms with Crippen molar-refractivity contribution in [2.75, 3.05) is 6.61 Å². The lowest BCUT2D eigenvalue weighted by Crippen LogP contribution is -2.64. The van der Waals surface area contributed by atoms with Crippen LogP contribution in [0.25, 0.3) is 0 Å². The molecule has 33 heavy (non-hydrogen) atoms. The van der Waals surface area contributed by atoms with Crippen molar-refractivity contribution in [3.63, 3.8) is 0 Å². The summed E-state index contributed by atoms with van der Waals surface area (Å²) in [5.74, 6) is 3.97. The van der Waals surface area contributed by atoms with E-state index in [1.165, 1.54) is 24.8 Å². The van der Waals surface area contributed by atoms with E-state index in [0.717, 1.165) is 44.3 Å². The van der Waals surface area contributed by atoms with Crippen molar-refractivity contribution in [3.05, 3.63) is 17.5 Å². The first-order valence-corrected chi connectivity index (χ1v) is 13.6. The van der Waals surface area contributed by atoms with E-state index in [0.29, 0.717) is 35.4 Å². The molecule has 0 bridgehead atoms. The molecule has 4 heteroatoms. The summed E-state index contributed by atoms with van der Waals surface area (Å²) < 4.78 is 5.69. The Balaban J connectivity index is 1.39. The number of aromatic nitrogens is 1. The molecule has 6 rings (SSSR count). The van der Waals surface area contributed by atoms with Gasteiger partial charge in [-0.2, -0.15) is 0 Å². The lowest BCUT2D eigenvalue weighted by Gasteiger charge is -2.67. The Morgan fingerprint density at radius 2 is 1.79 bits per heavy atom. The van der Waals surface area contributed by atoms with Crippen LogP contribution in [-0.2, 0) is 11.2 Å². The molecular weight excluding hydrogens is 410 g/mol. The van der Waals surface area contributed by atoms with Gasteiger partial charge in [0.15, 0.2) is 0 Å². The predicted octanol–water partition coefficient (Wildman–Crippen LogP) is 6.18. The number of Topliss-reactive ketones (excluding diaryl/α,β-unsaturated/α-hetero) is 1. The maximum absolute atomic E-state index is 14.1. The molecule has 9 atom stereocenters. The highest BCUT2D eigenvalue weighted by Gasteiger charge is 2.67. The SMILES string of the molecule is CC1c2oncc2CC2(C)C1CCC1(C)C3CCC4(CO)CCC(C)(C)CC4C3C(=O)CC21. The van der Waals surface area contributed by atoms with Crippen molar-refractivity contribution in [2.45, 2.75) is 98.3 Å². The number of ketones is 1. The summed E-state index contributed by atoms with van der Waals surface area (Å²) in [6.07, 6.45) is 11.7. The lowest BCUT2D eigenvalue weighted by molar-refractivity contribution is -0.195. The molecule has 0 radical (unpaired) electrons. The fourth-order valence-corrected chi connectivity index (χ4v) is 10.5. The number of nitrogens with zero attached hydrogens (tertiary/aromatic N) is 1. The smallest absolute Gasteiger partial charge is 0.143 e. The van der Waals surface area contributed by atoms with Crippen molar-refractivity contribution in [2.24, 2.45) is 51.2 Å². The molecule has 182 valence electrons. The molecule has 9 unspecified atom stereocenters. The summed E-state index contributed by atoms with van der Waals surface area (Å²) >= 11 is 0. The number of rotatable bonds is 1. The topological polar surface area (TPSA) is 63.3 Å². The number of hydrogen-bond donors (Lipinski definition) is 1. The molecule has 0 saturated heterocycles. The zero-order chi connectivity index (χ0) is 23.4. The Kier molecular flexibility index (Phi) is 4.70. The van der Waals surface area contributed by atoms with Gasteiger partial charge >= 0.3 is 0 Å². The summed E-state index contributed by atoms with van der Waals surface area (Å²) in [5, 5.41) is 14.7. The van der Waals surface area contributed by atoms with Gasteiger partial charge in [0.1, 0.15) is 11.5 Å². The highest BCUT2D eigenvalue weighted by molar-refractivity contribution is 5.83. The maximum atomic E-state index is 14.1. The van der Waals surface area contributed by atoms with Gasteiger partial charge in [-0.05, 0) is 96.7 Å². The molecule has 1 heterocycles. The van der Waals surface area contributed by atoms with E-state index in [-0.39, 0.29) is 34.2 Å². The van der Waals surface area contributed by atoms with Gasteiger partial charge in [-0.15, -0.1) is 0 Å². The van der Waals surface area contributed by atoms with Crippen molar-refractivity contribution in [1.82, 2.24) is 5.16 Å². The predicted molar refractivity (Wildman–Crippen MR) is 128 cm³/mol. The fraction of sp³-hybridized carbons (Fsp3) is 0.862. The van der Waals surface area contributed by atoms with Gasteiger partial charge in [0.05, 0.1) is 6.20 Å². The van der Waals surface area contributed by atoms with Crippen molar-refractivity contribution in [1.29, 1.82) is 0 Å². The van der Waals surface area contributed by atoms with E-state index in [2.05, 4.69) is 39.8 Å². The summed E-state index contributed by atoms with van der Waals surface area (Å²) in [6.45, 7) is 12.4. The van der Waals surface area contributed by atoms with Crippen molar-refractivity contribution < 1.29 is 14.4 Å². The Morgan fingerprint density at radius 1 is 1.03 bits per heavy atom. The largest absolute Gasteiger partial charge is 0.396 e. The average molecular weight is 454 g/mol. The van der Waals surface area contributed by atoms with Crippen LogP contribution < -0.4 is 0 Å². The van der Waals surface area contributed by atoms with Crippen LogP contribution in [0.3, 0.4) is 0 Å². The Morgan fingerprint density at radius 3 is 2.55 bits per heavy atom. The molecule has 5 aliphatic rings. The number of aliphatic hydroxyl groups excluding tert-OH is 1. The van der Waals surface area contributed by atoms with Gasteiger partial charge in [-0.3, -0.25) is 4.79 Å². The molecule has 4 fully saturated rings. The quantitative estimate of drug-likeness (QED) is 0.552. The molecule has 0 amide bonds. The van der Waals surface area contributed by atoms with Crippen molar-refractivity contribution >= 4 is 5.78 Å². The van der Waals surface area contributed by atoms with Gasteiger partial charge in [0.25, 0.3) is 0 Å². The number of carbonyl (C=O) groups excluding carboxylic acids is 1. The zero-order valence-corrected chi connectivity index (χ0v) is 21.3. The molecule has 1 N–H and O–H groups in total. The normalized spacial score (nSPS) is 50.4. The summed E-state index contributed by atoms with van der Waals surface area (Å²) in [4.78, 5) is 14.1. The van der Waals surface area contributed by atoms with Gasteiger partial charge in [-0.25, -0.2) is 0 Å². The van der Waals surface area contributed by atoms with Crippen LogP contribution in [0.5, 0.6) is 0 Å². The van der Waals surface area contributed by atoms with Gasteiger partial charge in [0, 0.05) is 30.4 Å². The van der Waals surface area contributed by atoms with Crippen LogP contribution in [0.1, 0.15) is 103 Å². The molecule has 5 aliphatic carbocycles. The van der Waals surface area contributed by atoms with Crippen molar-refractivity contribution in [3.8, 4) is 0 Å². The molecule has 0 spiro atoms. The Hall–Kier alpha value is -1.16. The second-order valence-electron chi connectivity index (χ2n) is 14.2. The lowest BCUT2D eigenvalue weighted by atomic mass is 9.36. The van der Waals surface area contributed by atoms with Crippen LogP contribution in [-0.4, -0.2) is 22.7 Å². The van der Waals surface area contributed by atoms with E-state index in [9.17, 15) is 9.90 Å². The molecule has 4 saturated carbocycles. The molecule has 0 aliphatic heterocycles. The molecule has 1 aromatic rings. The van der Waals surface area contributed by atoms with E-state index >= 15 is 0 Å². The third-order valence-corrected chi connectivity index (χ3v) is 12.3. The Bertz CT molecular complexity index is 966. The average Bonchev–Trinajstić information content (AvgIpc) is 3.22. The molecule has 1 aromatic heterocycles. The number of fused-ring (bicyclic) bond motifs is 8. The van der Waals surface area contributed by atoms with Crippen LogP contribution >= 0.6 is 0 Å². The summed E-state index contributed by atoms with van der Waals surface area (Å²) in [7, 11) is 0. The Labute approximate surface area is 199 Å². The third kappa shape index (κ3) is 2.85. The zero-order valence-electron chi connectivity index (χ0n) is 21.3. The first-order chi connectivity index (χ1) is 15.5. The van der Waals surface area contributed by atoms with Gasteiger partial charge in [0.2, 0.25) is 0 Å². The second kappa shape index (κ2) is 6.95. The molecule has 0 aromatic carbocycles. The van der Waals surface area contributed by atoms with E-state index in [1.807, 2.05) is 6.20 Å². The third-order valence-electron chi connectivity index (χ3n) is 12.3. The van der Waals surface area contributed by atoms with Crippen LogP contribution in [0.15, 0.2) is 10.7 Å². The van der Waals surface area contributed by atoms with E-state index in [1.54, 1.807) is 0 Å². The minimum Gasteiger partial charge on any atom is -0.396 e. The monoisotopic (exact) mass is 453 g/mol. The van der Waals surface area contributed by atoms with Crippen LogP contribution in [0, 0.1) is 51.2 Å². The van der Waals surface area contributed by atoms with Gasteiger partial charge in [-0.1, -0.05) is 39.8 Å². The second-order valence-corrected chi connectivity index (χ2v) is 14.2. The molecule has 4 nitrogen and oxygen atoms in total. The van der Waals surface area contributed by atoms with Crippen LogP contribution in [0.2, 0.25) is 0 Å². The first-order valence-electron chi connectivity index (χ1n) is 13.6. The number of carbonyl (C=O) groups is 1. The van der Waals surface area contributed by atoms with Crippen LogP contribution in [0.4, 0.5) is 0 Å². The van der Waals surface area contributed by atoms with Gasteiger partial charge < -0.3 is 9.63 Å². The number of aliphatic hydroxyl groups is 1. The fourth-order valence-electron chi connectivity index (χ4n) is 10.5. The molecular formula is C29H43NO3.